The van der Waals surface area contributed by atoms with E-state index in [-0.39, 0.29) is 11.8 Å². The first-order chi connectivity index (χ1) is 9.33. The quantitative estimate of drug-likeness (QED) is 0.871. The minimum Gasteiger partial charge on any atom is -0.324 e. The first-order valence-electron chi connectivity index (χ1n) is 6.44. The smallest absolute Gasteiger partial charge is 0.243 e. The molecular formula is C15H13N3O. The molecule has 1 fully saturated rings. The van der Waals surface area contributed by atoms with Crippen molar-refractivity contribution in [1.82, 2.24) is 9.99 Å². The molecule has 4 nitrogen and oxygen atoms in total. The highest BCUT2D eigenvalue weighted by Gasteiger charge is 2.49. The van der Waals surface area contributed by atoms with Crippen LogP contribution in [0.4, 0.5) is 0 Å². The maximum Gasteiger partial charge on any atom is 0.243 e. The van der Waals surface area contributed by atoms with Gasteiger partial charge in [0.2, 0.25) is 5.91 Å². The highest BCUT2D eigenvalue weighted by molar-refractivity contribution is 6.09. The lowest BCUT2D eigenvalue weighted by atomic mass is 10.0. The molecule has 1 N–H and O–H groups in total. The second-order valence-corrected chi connectivity index (χ2v) is 5.06. The lowest BCUT2D eigenvalue weighted by molar-refractivity contribution is -0.122. The number of rotatable bonds is 2. The van der Waals surface area contributed by atoms with E-state index in [9.17, 15) is 4.79 Å². The van der Waals surface area contributed by atoms with E-state index in [0.717, 1.165) is 23.4 Å². The summed E-state index contributed by atoms with van der Waals surface area (Å²) in [6.07, 6.45) is 4.97. The van der Waals surface area contributed by atoms with Crippen molar-refractivity contribution in [3.63, 3.8) is 0 Å². The molecule has 1 aliphatic heterocycles. The second-order valence-electron chi connectivity index (χ2n) is 5.06. The van der Waals surface area contributed by atoms with Crippen LogP contribution in [0.1, 0.15) is 12.0 Å². The number of benzene rings is 1. The van der Waals surface area contributed by atoms with Gasteiger partial charge in [-0.3, -0.25) is 4.79 Å². The van der Waals surface area contributed by atoms with Gasteiger partial charge in [-0.05, 0) is 36.2 Å². The van der Waals surface area contributed by atoms with E-state index in [2.05, 4.69) is 39.4 Å². The fourth-order valence-electron chi connectivity index (χ4n) is 2.66. The molecule has 4 rings (SSSR count). The minimum atomic E-state index is 0.0673. The van der Waals surface area contributed by atoms with Gasteiger partial charge in [0.05, 0.1) is 5.71 Å². The molecule has 0 radical (unpaired) electrons. The maximum atomic E-state index is 11.4. The number of fused-ring (bicyclic) bond motifs is 1. The molecule has 2 aliphatic rings. The molecule has 1 saturated carbocycles. The Balaban J connectivity index is 1.65. The summed E-state index contributed by atoms with van der Waals surface area (Å²) in [4.78, 5) is 11.4. The molecule has 1 amide bonds. The summed E-state index contributed by atoms with van der Waals surface area (Å²) in [5.41, 5.74) is 5.85. The standard InChI is InChI=1S/C15H13N3O/c19-15-13-9-12(13)14(16-17-15)10-3-5-11(6-4-10)18-7-1-2-8-18/h1-8,12-13H,9H2,(H,17,19). The molecule has 2 unspecified atom stereocenters. The number of nitrogens with one attached hydrogen (secondary N) is 1. The Hall–Kier alpha value is -2.36. The lowest BCUT2D eigenvalue weighted by Gasteiger charge is -2.12. The number of hydrazone groups is 1. The van der Waals surface area contributed by atoms with Gasteiger partial charge in [0.1, 0.15) is 0 Å². The summed E-state index contributed by atoms with van der Waals surface area (Å²) in [5.74, 6) is 0.542. The molecular weight excluding hydrogens is 238 g/mol. The summed E-state index contributed by atoms with van der Waals surface area (Å²) >= 11 is 0. The third kappa shape index (κ3) is 1.68. The normalized spacial score (nSPS) is 24.4. The Labute approximate surface area is 110 Å². The molecule has 0 spiro atoms. The van der Waals surface area contributed by atoms with E-state index < -0.39 is 0 Å². The summed E-state index contributed by atoms with van der Waals surface area (Å²) in [5, 5.41) is 4.21. The fourth-order valence-corrected chi connectivity index (χ4v) is 2.66. The Kier molecular flexibility index (Phi) is 2.12. The van der Waals surface area contributed by atoms with Crippen molar-refractivity contribution in [1.29, 1.82) is 0 Å². The van der Waals surface area contributed by atoms with E-state index in [1.165, 1.54) is 0 Å². The summed E-state index contributed by atoms with van der Waals surface area (Å²) in [7, 11) is 0. The Morgan fingerprint density at radius 1 is 1.11 bits per heavy atom. The molecule has 2 aromatic rings. The number of nitrogens with zero attached hydrogens (tertiary/aromatic N) is 2. The van der Waals surface area contributed by atoms with E-state index in [0.29, 0.717) is 5.92 Å². The summed E-state index contributed by atoms with van der Waals surface area (Å²) < 4.78 is 2.06. The zero-order chi connectivity index (χ0) is 12.8. The molecule has 1 aromatic carbocycles. The summed E-state index contributed by atoms with van der Waals surface area (Å²) in [6.45, 7) is 0. The van der Waals surface area contributed by atoms with Crippen molar-refractivity contribution in [3.8, 4) is 5.69 Å². The van der Waals surface area contributed by atoms with Crippen LogP contribution in [-0.4, -0.2) is 16.2 Å². The number of aromatic nitrogens is 1. The Bertz CT molecular complexity index is 655. The first kappa shape index (κ1) is 10.6. The van der Waals surface area contributed by atoms with E-state index in [4.69, 9.17) is 0 Å². The molecule has 94 valence electrons. The van der Waals surface area contributed by atoms with Crippen molar-refractivity contribution >= 4 is 11.6 Å². The van der Waals surface area contributed by atoms with Gasteiger partial charge in [-0.2, -0.15) is 5.10 Å². The Morgan fingerprint density at radius 2 is 1.84 bits per heavy atom. The van der Waals surface area contributed by atoms with Gasteiger partial charge in [0.25, 0.3) is 0 Å². The highest BCUT2D eigenvalue weighted by atomic mass is 16.2. The lowest BCUT2D eigenvalue weighted by Crippen LogP contribution is -2.28. The van der Waals surface area contributed by atoms with Crippen molar-refractivity contribution < 1.29 is 4.79 Å². The van der Waals surface area contributed by atoms with Gasteiger partial charge in [0.15, 0.2) is 0 Å². The third-order valence-corrected chi connectivity index (χ3v) is 3.83. The van der Waals surface area contributed by atoms with Crippen LogP contribution < -0.4 is 5.43 Å². The van der Waals surface area contributed by atoms with Crippen molar-refractivity contribution in [3.05, 3.63) is 54.4 Å². The van der Waals surface area contributed by atoms with Gasteiger partial charge in [-0.15, -0.1) is 0 Å². The number of carbonyl (C=O) groups is 1. The second kappa shape index (κ2) is 3.82. The molecule has 19 heavy (non-hydrogen) atoms. The third-order valence-electron chi connectivity index (χ3n) is 3.83. The number of amides is 1. The first-order valence-corrected chi connectivity index (χ1v) is 6.44. The van der Waals surface area contributed by atoms with Gasteiger partial charge < -0.3 is 4.57 Å². The van der Waals surface area contributed by atoms with Gasteiger partial charge >= 0.3 is 0 Å². The average Bonchev–Trinajstić information content (AvgIpc) is 3.07. The molecule has 1 aliphatic carbocycles. The van der Waals surface area contributed by atoms with Crippen LogP contribution in [0.25, 0.3) is 5.69 Å². The average molecular weight is 251 g/mol. The monoisotopic (exact) mass is 251 g/mol. The van der Waals surface area contributed by atoms with Crippen LogP contribution in [0.5, 0.6) is 0 Å². The number of hydrogen-bond acceptors (Lipinski definition) is 2. The van der Waals surface area contributed by atoms with Crippen LogP contribution in [-0.2, 0) is 4.79 Å². The molecule has 2 heterocycles. The molecule has 2 atom stereocenters. The Morgan fingerprint density at radius 3 is 2.58 bits per heavy atom. The van der Waals surface area contributed by atoms with Crippen LogP contribution in [0.3, 0.4) is 0 Å². The van der Waals surface area contributed by atoms with Crippen molar-refractivity contribution in [2.24, 2.45) is 16.9 Å². The van der Waals surface area contributed by atoms with Crippen LogP contribution >= 0.6 is 0 Å². The van der Waals surface area contributed by atoms with Gasteiger partial charge in [-0.1, -0.05) is 12.1 Å². The molecule has 4 heteroatoms. The van der Waals surface area contributed by atoms with Gasteiger partial charge in [0, 0.05) is 29.9 Å². The number of carbonyl (C=O) groups excluding carboxylic acids is 1. The predicted molar refractivity (Wildman–Crippen MR) is 72.0 cm³/mol. The van der Waals surface area contributed by atoms with E-state index in [1.807, 2.05) is 24.5 Å². The minimum absolute atomic E-state index is 0.0673. The fraction of sp³-hybridized carbons (Fsp3) is 0.200. The molecule has 0 bridgehead atoms. The summed E-state index contributed by atoms with van der Waals surface area (Å²) in [6, 6.07) is 12.3. The molecule has 1 aromatic heterocycles. The maximum absolute atomic E-state index is 11.4. The van der Waals surface area contributed by atoms with Gasteiger partial charge in [-0.25, -0.2) is 5.43 Å². The zero-order valence-electron chi connectivity index (χ0n) is 10.3. The van der Waals surface area contributed by atoms with Crippen molar-refractivity contribution in [2.45, 2.75) is 6.42 Å². The predicted octanol–water partition coefficient (Wildman–Crippen LogP) is 1.95. The van der Waals surface area contributed by atoms with E-state index >= 15 is 0 Å². The largest absolute Gasteiger partial charge is 0.324 e. The number of hydrogen-bond donors (Lipinski definition) is 1. The molecule has 0 saturated heterocycles. The topological polar surface area (TPSA) is 46.4 Å². The van der Waals surface area contributed by atoms with E-state index in [1.54, 1.807) is 0 Å². The highest BCUT2D eigenvalue weighted by Crippen LogP contribution is 2.43. The SMILES string of the molecule is O=C1NN=C(c2ccc(-n3cccc3)cc2)C2CC12. The van der Waals surface area contributed by atoms with Crippen molar-refractivity contribution in [2.75, 3.05) is 0 Å². The van der Waals surface area contributed by atoms with Crippen LogP contribution in [0.2, 0.25) is 0 Å². The van der Waals surface area contributed by atoms with Crippen LogP contribution in [0.15, 0.2) is 53.9 Å². The van der Waals surface area contributed by atoms with Crippen LogP contribution in [0, 0.1) is 11.8 Å². The zero-order valence-corrected chi connectivity index (χ0v) is 10.3.